The van der Waals surface area contributed by atoms with Crippen LogP contribution in [0.4, 0.5) is 0 Å². The van der Waals surface area contributed by atoms with Crippen LogP contribution in [0.15, 0.2) is 0 Å². The fraction of sp³-hybridized carbons (Fsp3) is 1.00. The number of rotatable bonds is 5. The number of fused-ring (bicyclic) bond motifs is 5. The SMILES string of the molecule is CC(C)[C@H](O)CC[C@@H](C)[C@H]1CC[C@H]2[C@@H]3CC[C@H]4C[C@@](C)(O)CC[C@@H]4[C@H]3CC[C@]12C. The normalized spacial score (nSPS) is 49.2. The molecule has 4 fully saturated rings. The Balaban J connectivity index is 1.42. The van der Waals surface area contributed by atoms with E-state index in [0.29, 0.717) is 11.3 Å². The van der Waals surface area contributed by atoms with E-state index in [-0.39, 0.29) is 6.10 Å². The summed E-state index contributed by atoms with van der Waals surface area (Å²) in [7, 11) is 0. The van der Waals surface area contributed by atoms with E-state index >= 15 is 0 Å². The molecule has 0 heterocycles. The molecule has 0 amide bonds. The molecule has 4 rings (SSSR count). The fourth-order valence-corrected chi connectivity index (χ4v) is 9.03. The molecular weight excluding hydrogens is 356 g/mol. The van der Waals surface area contributed by atoms with Crippen LogP contribution in [0.3, 0.4) is 0 Å². The fourth-order valence-electron chi connectivity index (χ4n) is 9.03. The van der Waals surface area contributed by atoms with Gasteiger partial charge in [-0.1, -0.05) is 27.7 Å². The van der Waals surface area contributed by atoms with Crippen LogP contribution >= 0.6 is 0 Å². The Morgan fingerprint density at radius 1 is 0.828 bits per heavy atom. The van der Waals surface area contributed by atoms with Gasteiger partial charge < -0.3 is 10.2 Å². The van der Waals surface area contributed by atoms with Gasteiger partial charge >= 0.3 is 0 Å². The van der Waals surface area contributed by atoms with Crippen molar-refractivity contribution in [2.75, 3.05) is 0 Å². The third-order valence-electron chi connectivity index (χ3n) is 10.7. The van der Waals surface area contributed by atoms with Crippen LogP contribution in [0.25, 0.3) is 0 Å². The first-order valence-corrected chi connectivity index (χ1v) is 13.0. The summed E-state index contributed by atoms with van der Waals surface area (Å²) >= 11 is 0. The molecule has 0 aliphatic heterocycles. The van der Waals surface area contributed by atoms with E-state index in [4.69, 9.17) is 0 Å². The van der Waals surface area contributed by atoms with Crippen LogP contribution in [-0.2, 0) is 0 Å². The number of aliphatic hydroxyl groups is 2. The molecule has 4 saturated carbocycles. The zero-order valence-electron chi connectivity index (χ0n) is 19.9. The predicted molar refractivity (Wildman–Crippen MR) is 120 cm³/mol. The van der Waals surface area contributed by atoms with Gasteiger partial charge in [0.25, 0.3) is 0 Å². The second-order valence-corrected chi connectivity index (χ2v) is 12.8. The Hall–Kier alpha value is -0.0800. The zero-order valence-corrected chi connectivity index (χ0v) is 19.9. The lowest BCUT2D eigenvalue weighted by molar-refractivity contribution is -0.103. The van der Waals surface area contributed by atoms with Gasteiger partial charge in [-0.2, -0.15) is 0 Å². The molecule has 2 nitrogen and oxygen atoms in total. The highest BCUT2D eigenvalue weighted by atomic mass is 16.3. The monoisotopic (exact) mass is 404 g/mol. The van der Waals surface area contributed by atoms with Crippen molar-refractivity contribution in [3.63, 3.8) is 0 Å². The smallest absolute Gasteiger partial charge is 0.0622 e. The molecule has 0 unspecified atom stereocenters. The van der Waals surface area contributed by atoms with Gasteiger partial charge in [0.1, 0.15) is 0 Å². The number of aliphatic hydroxyl groups excluding tert-OH is 1. The minimum Gasteiger partial charge on any atom is -0.393 e. The Morgan fingerprint density at radius 2 is 1.55 bits per heavy atom. The minimum atomic E-state index is -0.397. The van der Waals surface area contributed by atoms with Gasteiger partial charge in [-0.15, -0.1) is 0 Å². The molecule has 10 atom stereocenters. The van der Waals surface area contributed by atoms with Crippen molar-refractivity contribution in [2.24, 2.45) is 52.8 Å². The third-order valence-corrected chi connectivity index (χ3v) is 10.7. The van der Waals surface area contributed by atoms with E-state index in [1.807, 2.05) is 0 Å². The minimum absolute atomic E-state index is 0.128. The maximum atomic E-state index is 10.6. The van der Waals surface area contributed by atoms with Gasteiger partial charge in [-0.3, -0.25) is 0 Å². The van der Waals surface area contributed by atoms with E-state index in [2.05, 4.69) is 34.6 Å². The van der Waals surface area contributed by atoms with Crippen LogP contribution in [0.5, 0.6) is 0 Å². The molecule has 4 aliphatic carbocycles. The summed E-state index contributed by atoms with van der Waals surface area (Å²) in [6, 6.07) is 0. The molecule has 0 saturated heterocycles. The van der Waals surface area contributed by atoms with Crippen molar-refractivity contribution >= 4 is 0 Å². The zero-order chi connectivity index (χ0) is 21.0. The first kappa shape index (κ1) is 22.1. The van der Waals surface area contributed by atoms with Crippen molar-refractivity contribution in [1.29, 1.82) is 0 Å². The first-order valence-electron chi connectivity index (χ1n) is 13.0. The van der Waals surface area contributed by atoms with E-state index in [9.17, 15) is 10.2 Å². The maximum Gasteiger partial charge on any atom is 0.0622 e. The number of hydrogen-bond donors (Lipinski definition) is 2. The first-order chi connectivity index (χ1) is 13.6. The van der Waals surface area contributed by atoms with Crippen molar-refractivity contribution in [3.05, 3.63) is 0 Å². The number of hydrogen-bond acceptors (Lipinski definition) is 2. The van der Waals surface area contributed by atoms with Crippen LogP contribution in [-0.4, -0.2) is 21.9 Å². The standard InChI is InChI=1S/C27H48O2/c1-17(2)25(28)11-6-18(3)23-9-10-24-22-8-7-19-16-26(4,29)14-12-20(19)21(22)13-15-27(23,24)5/h17-25,28-29H,6-16H2,1-5H3/t18-,19+,20+,21-,22-,23-,24+,25-,26+,27-/m1/s1. The average molecular weight is 405 g/mol. The molecule has 2 heteroatoms. The second-order valence-electron chi connectivity index (χ2n) is 12.8. The van der Waals surface area contributed by atoms with E-state index < -0.39 is 5.60 Å². The summed E-state index contributed by atoms with van der Waals surface area (Å²) in [5.74, 6) is 6.52. The van der Waals surface area contributed by atoms with Gasteiger partial charge in [0.05, 0.1) is 11.7 Å². The lowest BCUT2D eigenvalue weighted by atomic mass is 9.48. The van der Waals surface area contributed by atoms with Crippen molar-refractivity contribution in [2.45, 2.75) is 117 Å². The lowest BCUT2D eigenvalue weighted by Crippen LogP contribution is -2.50. The summed E-state index contributed by atoms with van der Waals surface area (Å²) in [5.41, 5.74) is 0.141. The van der Waals surface area contributed by atoms with Gasteiger partial charge in [0, 0.05) is 0 Å². The highest BCUT2D eigenvalue weighted by Gasteiger charge is 2.58. The molecule has 2 N–H and O–H groups in total. The van der Waals surface area contributed by atoms with Crippen molar-refractivity contribution < 1.29 is 10.2 Å². The molecule has 0 radical (unpaired) electrons. The van der Waals surface area contributed by atoms with Gasteiger partial charge in [0.15, 0.2) is 0 Å². The maximum absolute atomic E-state index is 10.6. The predicted octanol–water partition coefficient (Wildman–Crippen LogP) is 6.44. The average Bonchev–Trinajstić information content (AvgIpc) is 3.01. The highest BCUT2D eigenvalue weighted by molar-refractivity contribution is 5.07. The Labute approximate surface area is 180 Å². The summed E-state index contributed by atoms with van der Waals surface area (Å²) in [4.78, 5) is 0. The highest BCUT2D eigenvalue weighted by Crippen LogP contribution is 2.65. The Kier molecular flexibility index (Phi) is 6.19. The summed E-state index contributed by atoms with van der Waals surface area (Å²) in [6.45, 7) is 11.5. The summed E-state index contributed by atoms with van der Waals surface area (Å²) in [5, 5.41) is 20.9. The van der Waals surface area contributed by atoms with Crippen LogP contribution in [0.2, 0.25) is 0 Å². The van der Waals surface area contributed by atoms with Crippen molar-refractivity contribution in [3.8, 4) is 0 Å². The van der Waals surface area contributed by atoms with Crippen LogP contribution in [0, 0.1) is 52.8 Å². The van der Waals surface area contributed by atoms with E-state index in [0.717, 1.165) is 60.7 Å². The molecule has 0 aromatic carbocycles. The third kappa shape index (κ3) is 4.07. The molecule has 0 aromatic heterocycles. The lowest BCUT2D eigenvalue weighted by Gasteiger charge is -2.57. The molecule has 0 bridgehead atoms. The van der Waals surface area contributed by atoms with Crippen LogP contribution in [0.1, 0.15) is 105 Å². The van der Waals surface area contributed by atoms with Gasteiger partial charge in [0.2, 0.25) is 0 Å². The van der Waals surface area contributed by atoms with Gasteiger partial charge in [-0.05, 0) is 130 Å². The Morgan fingerprint density at radius 3 is 2.28 bits per heavy atom. The summed E-state index contributed by atoms with van der Waals surface area (Å²) < 4.78 is 0. The molecular formula is C27H48O2. The largest absolute Gasteiger partial charge is 0.393 e. The summed E-state index contributed by atoms with van der Waals surface area (Å²) in [6.07, 6.45) is 13.9. The second kappa shape index (κ2) is 8.12. The Bertz CT molecular complexity index is 569. The van der Waals surface area contributed by atoms with Crippen LogP contribution < -0.4 is 0 Å². The quantitative estimate of drug-likeness (QED) is 0.553. The molecule has 29 heavy (non-hydrogen) atoms. The molecule has 0 aromatic rings. The molecule has 168 valence electrons. The molecule has 0 spiro atoms. The van der Waals surface area contributed by atoms with Gasteiger partial charge in [-0.25, -0.2) is 0 Å². The van der Waals surface area contributed by atoms with Crippen molar-refractivity contribution in [1.82, 2.24) is 0 Å². The van der Waals surface area contributed by atoms with E-state index in [1.165, 1.54) is 51.4 Å². The molecule has 4 aliphatic rings. The topological polar surface area (TPSA) is 40.5 Å². The van der Waals surface area contributed by atoms with E-state index in [1.54, 1.807) is 0 Å².